The highest BCUT2D eigenvalue weighted by atomic mass is 16.6. The molecule has 1 unspecified atom stereocenters. The van der Waals surface area contributed by atoms with Crippen molar-refractivity contribution in [3.05, 3.63) is 36.5 Å². The molecule has 0 amide bonds. The SMILES string of the molecule is CC.CC/C=C\CC=CCCC(=O)OCC(COC(C)=O)OC(=O)CC/C=C\CC. The summed E-state index contributed by atoms with van der Waals surface area (Å²) in [6.45, 7) is 9.08. The van der Waals surface area contributed by atoms with Gasteiger partial charge < -0.3 is 14.2 Å². The molecule has 0 saturated heterocycles. The van der Waals surface area contributed by atoms with Crippen LogP contribution in [-0.4, -0.2) is 37.2 Å². The molecule has 0 radical (unpaired) electrons. The minimum Gasteiger partial charge on any atom is -0.462 e. The van der Waals surface area contributed by atoms with Crippen molar-refractivity contribution in [1.29, 1.82) is 0 Å². The predicted molar refractivity (Wildman–Crippen MR) is 120 cm³/mol. The zero-order chi connectivity index (χ0) is 23.0. The molecule has 0 rings (SSSR count). The zero-order valence-electron chi connectivity index (χ0n) is 19.4. The number of rotatable bonds is 15. The highest BCUT2D eigenvalue weighted by Crippen LogP contribution is 2.04. The molecule has 0 aliphatic carbocycles. The van der Waals surface area contributed by atoms with Crippen LogP contribution in [0.3, 0.4) is 0 Å². The predicted octanol–water partition coefficient (Wildman–Crippen LogP) is 5.47. The fourth-order valence-corrected chi connectivity index (χ4v) is 2.07. The van der Waals surface area contributed by atoms with Gasteiger partial charge in [-0.25, -0.2) is 0 Å². The molecule has 0 aromatic rings. The van der Waals surface area contributed by atoms with Crippen LogP contribution in [-0.2, 0) is 28.6 Å². The van der Waals surface area contributed by atoms with Gasteiger partial charge in [0.1, 0.15) is 13.2 Å². The Morgan fingerprint density at radius 3 is 1.83 bits per heavy atom. The number of carbonyl (C=O) groups excluding carboxylic acids is 3. The maximum absolute atomic E-state index is 11.9. The molecule has 0 bridgehead atoms. The van der Waals surface area contributed by atoms with Crippen molar-refractivity contribution < 1.29 is 28.6 Å². The summed E-state index contributed by atoms with van der Waals surface area (Å²) in [4.78, 5) is 34.7. The Morgan fingerprint density at radius 1 is 0.733 bits per heavy atom. The average molecular weight is 425 g/mol. The van der Waals surface area contributed by atoms with E-state index in [4.69, 9.17) is 14.2 Å². The largest absolute Gasteiger partial charge is 0.462 e. The molecule has 0 fully saturated rings. The summed E-state index contributed by atoms with van der Waals surface area (Å²) in [7, 11) is 0. The lowest BCUT2D eigenvalue weighted by molar-refractivity contribution is -0.166. The van der Waals surface area contributed by atoms with E-state index in [0.29, 0.717) is 12.8 Å². The molecule has 0 aromatic carbocycles. The van der Waals surface area contributed by atoms with E-state index in [1.807, 2.05) is 45.1 Å². The minimum atomic E-state index is -0.801. The average Bonchev–Trinajstić information content (AvgIpc) is 2.73. The van der Waals surface area contributed by atoms with E-state index in [9.17, 15) is 14.4 Å². The molecule has 1 atom stereocenters. The van der Waals surface area contributed by atoms with Gasteiger partial charge in [0.2, 0.25) is 0 Å². The number of hydrogen-bond acceptors (Lipinski definition) is 6. The van der Waals surface area contributed by atoms with Gasteiger partial charge in [-0.15, -0.1) is 0 Å². The summed E-state index contributed by atoms with van der Waals surface area (Å²) in [5.74, 6) is -1.29. The van der Waals surface area contributed by atoms with E-state index in [-0.39, 0.29) is 32.0 Å². The van der Waals surface area contributed by atoms with Crippen molar-refractivity contribution in [3.8, 4) is 0 Å². The Morgan fingerprint density at radius 2 is 1.23 bits per heavy atom. The van der Waals surface area contributed by atoms with Gasteiger partial charge in [-0.1, -0.05) is 64.2 Å². The summed E-state index contributed by atoms with van der Waals surface area (Å²) in [5, 5.41) is 0. The minimum absolute atomic E-state index is 0.133. The number of carbonyl (C=O) groups is 3. The zero-order valence-corrected chi connectivity index (χ0v) is 19.4. The van der Waals surface area contributed by atoms with Crippen LogP contribution in [0, 0.1) is 0 Å². The molecule has 0 N–H and O–H groups in total. The van der Waals surface area contributed by atoms with Gasteiger partial charge in [0.15, 0.2) is 6.10 Å². The maximum Gasteiger partial charge on any atom is 0.306 e. The van der Waals surface area contributed by atoms with E-state index in [2.05, 4.69) is 19.1 Å². The molecule has 172 valence electrons. The third-order valence-electron chi connectivity index (χ3n) is 3.47. The standard InChI is InChI=1S/C22H34O6.C2H6/c1-4-6-8-10-11-12-14-15-21(24)27-18-20(17-26-19(3)23)28-22(25)16-13-9-7-5-2;1-2/h6-9,11-12,20H,4-5,10,13-18H2,1-3H3;1-2H3/b8-6-,9-7-,12-11?;. The smallest absolute Gasteiger partial charge is 0.306 e. The molecular weight excluding hydrogens is 384 g/mol. The molecule has 0 heterocycles. The Labute approximate surface area is 182 Å². The van der Waals surface area contributed by atoms with Crippen LogP contribution in [0.5, 0.6) is 0 Å². The molecule has 0 aromatic heterocycles. The molecular formula is C24H40O6. The number of esters is 3. The Hall–Kier alpha value is -2.37. The van der Waals surface area contributed by atoms with Crippen LogP contribution < -0.4 is 0 Å². The van der Waals surface area contributed by atoms with Crippen LogP contribution in [0.2, 0.25) is 0 Å². The Kier molecular flexibility index (Phi) is 22.8. The van der Waals surface area contributed by atoms with Crippen molar-refractivity contribution in [1.82, 2.24) is 0 Å². The lowest BCUT2D eigenvalue weighted by Gasteiger charge is -2.17. The first-order valence-electron chi connectivity index (χ1n) is 10.9. The van der Waals surface area contributed by atoms with Gasteiger partial charge in [-0.2, -0.15) is 0 Å². The van der Waals surface area contributed by atoms with Gasteiger partial charge in [-0.05, 0) is 32.1 Å². The summed E-state index contributed by atoms with van der Waals surface area (Å²) >= 11 is 0. The number of hydrogen-bond donors (Lipinski definition) is 0. The molecule has 30 heavy (non-hydrogen) atoms. The van der Waals surface area contributed by atoms with Gasteiger partial charge in [0, 0.05) is 19.8 Å². The van der Waals surface area contributed by atoms with E-state index in [1.54, 1.807) is 0 Å². The second-order valence-electron chi connectivity index (χ2n) is 6.14. The molecule has 0 aliphatic rings. The molecule has 0 saturated carbocycles. The van der Waals surface area contributed by atoms with E-state index in [0.717, 1.165) is 19.3 Å². The van der Waals surface area contributed by atoms with E-state index >= 15 is 0 Å². The molecule has 0 spiro atoms. The summed E-state index contributed by atoms with van der Waals surface area (Å²) in [6, 6.07) is 0. The molecule has 6 nitrogen and oxygen atoms in total. The highest BCUT2D eigenvalue weighted by molar-refractivity contribution is 5.70. The number of ether oxygens (including phenoxy) is 3. The first-order chi connectivity index (χ1) is 14.5. The lowest BCUT2D eigenvalue weighted by atomic mass is 10.2. The highest BCUT2D eigenvalue weighted by Gasteiger charge is 2.18. The van der Waals surface area contributed by atoms with Crippen LogP contribution >= 0.6 is 0 Å². The Balaban J connectivity index is 0. The van der Waals surface area contributed by atoms with Crippen molar-refractivity contribution in [3.63, 3.8) is 0 Å². The third-order valence-corrected chi connectivity index (χ3v) is 3.47. The second kappa shape index (κ2) is 22.9. The third kappa shape index (κ3) is 21.9. The van der Waals surface area contributed by atoms with Crippen molar-refractivity contribution >= 4 is 17.9 Å². The normalized spacial score (nSPS) is 11.9. The van der Waals surface area contributed by atoms with Crippen LogP contribution in [0.1, 0.15) is 79.6 Å². The topological polar surface area (TPSA) is 78.9 Å². The summed E-state index contributed by atoms with van der Waals surface area (Å²) in [6.07, 6.45) is 15.5. The monoisotopic (exact) mass is 424 g/mol. The van der Waals surface area contributed by atoms with Gasteiger partial charge in [0.05, 0.1) is 0 Å². The van der Waals surface area contributed by atoms with Gasteiger partial charge in [-0.3, -0.25) is 14.4 Å². The number of allylic oxidation sites excluding steroid dienone is 6. The van der Waals surface area contributed by atoms with Gasteiger partial charge in [0.25, 0.3) is 0 Å². The van der Waals surface area contributed by atoms with Crippen LogP contribution in [0.25, 0.3) is 0 Å². The van der Waals surface area contributed by atoms with Crippen molar-refractivity contribution in [2.75, 3.05) is 13.2 Å². The lowest BCUT2D eigenvalue weighted by Crippen LogP contribution is -2.30. The Bertz CT molecular complexity index is 534. The van der Waals surface area contributed by atoms with E-state index in [1.165, 1.54) is 6.92 Å². The molecule has 0 aliphatic heterocycles. The van der Waals surface area contributed by atoms with E-state index < -0.39 is 18.0 Å². The fourth-order valence-electron chi connectivity index (χ4n) is 2.07. The van der Waals surface area contributed by atoms with Crippen LogP contribution in [0.15, 0.2) is 36.5 Å². The summed E-state index contributed by atoms with van der Waals surface area (Å²) < 4.78 is 15.3. The van der Waals surface area contributed by atoms with Crippen molar-refractivity contribution in [2.24, 2.45) is 0 Å². The second-order valence-corrected chi connectivity index (χ2v) is 6.14. The quantitative estimate of drug-likeness (QED) is 0.197. The first kappa shape index (κ1) is 29.8. The van der Waals surface area contributed by atoms with Gasteiger partial charge >= 0.3 is 17.9 Å². The molecule has 6 heteroatoms. The first-order valence-corrected chi connectivity index (χ1v) is 10.9. The van der Waals surface area contributed by atoms with Crippen LogP contribution in [0.4, 0.5) is 0 Å². The summed E-state index contributed by atoms with van der Waals surface area (Å²) in [5.41, 5.74) is 0. The fraction of sp³-hybridized carbons (Fsp3) is 0.625. The maximum atomic E-state index is 11.9. The van der Waals surface area contributed by atoms with Crippen molar-refractivity contribution in [2.45, 2.75) is 85.7 Å².